The normalized spacial score (nSPS) is 12.1. The minimum atomic E-state index is -0.0949. The first-order valence-electron chi connectivity index (χ1n) is 5.75. The Morgan fingerprint density at radius 2 is 2.06 bits per heavy atom. The third-order valence-corrected chi connectivity index (χ3v) is 2.11. The average Bonchev–Trinajstić information content (AvgIpc) is 2.11. The topological polar surface area (TPSA) is 61.0 Å². The molecule has 0 fully saturated rings. The molecule has 0 aliphatic carbocycles. The van der Waals surface area contributed by atoms with E-state index in [-0.39, 0.29) is 11.1 Å². The maximum atomic E-state index is 11.5. The van der Waals surface area contributed by atoms with Crippen LogP contribution in [0.15, 0.2) is 10.9 Å². The predicted molar refractivity (Wildman–Crippen MR) is 68.8 cm³/mol. The Morgan fingerprint density at radius 1 is 1.41 bits per heavy atom. The van der Waals surface area contributed by atoms with Gasteiger partial charge >= 0.3 is 0 Å². The summed E-state index contributed by atoms with van der Waals surface area (Å²) in [5.74, 6) is 0.702. The molecule has 1 aromatic heterocycles. The van der Waals surface area contributed by atoms with Gasteiger partial charge in [0.15, 0.2) is 0 Å². The van der Waals surface area contributed by atoms with Crippen LogP contribution in [0.5, 0.6) is 0 Å². The Balaban J connectivity index is 2.79. The lowest BCUT2D eigenvalue weighted by molar-refractivity contribution is 0.386. The third kappa shape index (κ3) is 5.60. The molecule has 2 N–H and O–H groups in total. The Kier molecular flexibility index (Phi) is 4.42. The van der Waals surface area contributed by atoms with Crippen molar-refractivity contribution >= 4 is 0 Å². The molecule has 0 amide bonds. The first kappa shape index (κ1) is 13.9. The molecular formula is C12H22N4O. The molecule has 5 heteroatoms. The van der Waals surface area contributed by atoms with Crippen molar-refractivity contribution in [2.24, 2.45) is 0 Å². The van der Waals surface area contributed by atoms with E-state index in [1.807, 2.05) is 19.0 Å². The fourth-order valence-electron chi connectivity index (χ4n) is 1.38. The van der Waals surface area contributed by atoms with Gasteiger partial charge in [-0.3, -0.25) is 4.79 Å². The summed E-state index contributed by atoms with van der Waals surface area (Å²) in [5.41, 5.74) is 0.703. The van der Waals surface area contributed by atoms with Crippen LogP contribution in [0.2, 0.25) is 0 Å². The summed E-state index contributed by atoms with van der Waals surface area (Å²) >= 11 is 0. The average molecular weight is 238 g/mol. The summed E-state index contributed by atoms with van der Waals surface area (Å²) in [6.45, 7) is 7.50. The van der Waals surface area contributed by atoms with Crippen LogP contribution < -0.4 is 10.9 Å². The number of H-pyrrole nitrogens is 1. The molecule has 1 rings (SSSR count). The van der Waals surface area contributed by atoms with Gasteiger partial charge in [0.25, 0.3) is 5.56 Å². The zero-order chi connectivity index (χ0) is 13.1. The molecule has 5 nitrogen and oxygen atoms in total. The van der Waals surface area contributed by atoms with Gasteiger partial charge in [-0.05, 0) is 34.9 Å². The second kappa shape index (κ2) is 5.42. The van der Waals surface area contributed by atoms with Gasteiger partial charge in [0.1, 0.15) is 5.82 Å². The van der Waals surface area contributed by atoms with Crippen molar-refractivity contribution in [2.75, 3.05) is 14.1 Å². The highest BCUT2D eigenvalue weighted by Crippen LogP contribution is 2.01. The van der Waals surface area contributed by atoms with Gasteiger partial charge in [0, 0.05) is 18.2 Å². The van der Waals surface area contributed by atoms with E-state index in [1.54, 1.807) is 0 Å². The first-order chi connectivity index (χ1) is 7.76. The largest absolute Gasteiger partial charge is 0.309 e. The van der Waals surface area contributed by atoms with Crippen molar-refractivity contribution in [1.29, 1.82) is 0 Å². The highest BCUT2D eigenvalue weighted by Gasteiger charge is 2.10. The van der Waals surface area contributed by atoms with Crippen molar-refractivity contribution in [3.63, 3.8) is 0 Å². The van der Waals surface area contributed by atoms with Crippen molar-refractivity contribution in [3.05, 3.63) is 27.9 Å². The Labute approximate surface area is 102 Å². The predicted octanol–water partition coefficient (Wildman–Crippen LogP) is 0.720. The lowest BCUT2D eigenvalue weighted by atomic mass is 10.1. The van der Waals surface area contributed by atoms with Gasteiger partial charge in [-0.15, -0.1) is 0 Å². The number of nitrogens with one attached hydrogen (secondary N) is 2. The van der Waals surface area contributed by atoms with Crippen molar-refractivity contribution in [2.45, 2.75) is 39.4 Å². The van der Waals surface area contributed by atoms with E-state index in [2.05, 4.69) is 36.1 Å². The molecule has 0 aromatic carbocycles. The molecule has 0 saturated carbocycles. The summed E-state index contributed by atoms with van der Waals surface area (Å²) in [5, 5.41) is 3.32. The SMILES string of the molecule is CN(C)Cc1nc(CNC(C)(C)C)cc(=O)[nH]1. The Hall–Kier alpha value is -1.20. The Morgan fingerprint density at radius 3 is 2.59 bits per heavy atom. The fraction of sp³-hybridized carbons (Fsp3) is 0.667. The van der Waals surface area contributed by atoms with Crippen molar-refractivity contribution in [1.82, 2.24) is 20.2 Å². The molecule has 0 aliphatic rings. The van der Waals surface area contributed by atoms with E-state index < -0.39 is 0 Å². The molecule has 96 valence electrons. The summed E-state index contributed by atoms with van der Waals surface area (Å²) in [6, 6.07) is 1.54. The van der Waals surface area contributed by atoms with Gasteiger partial charge in [0.05, 0.1) is 12.2 Å². The monoisotopic (exact) mass is 238 g/mol. The maximum Gasteiger partial charge on any atom is 0.251 e. The van der Waals surface area contributed by atoms with E-state index in [9.17, 15) is 4.79 Å². The molecule has 0 saturated heterocycles. The summed E-state index contributed by atoms with van der Waals surface area (Å²) in [7, 11) is 3.89. The van der Waals surface area contributed by atoms with E-state index in [0.717, 1.165) is 5.69 Å². The van der Waals surface area contributed by atoms with E-state index in [1.165, 1.54) is 6.07 Å². The van der Waals surface area contributed by atoms with Gasteiger partial charge in [0.2, 0.25) is 0 Å². The summed E-state index contributed by atoms with van der Waals surface area (Å²) < 4.78 is 0. The lowest BCUT2D eigenvalue weighted by Crippen LogP contribution is -2.35. The fourth-order valence-corrected chi connectivity index (χ4v) is 1.38. The third-order valence-electron chi connectivity index (χ3n) is 2.11. The van der Waals surface area contributed by atoms with E-state index in [0.29, 0.717) is 18.9 Å². The highest BCUT2D eigenvalue weighted by molar-refractivity contribution is 5.03. The van der Waals surface area contributed by atoms with Crippen LogP contribution in [0.3, 0.4) is 0 Å². The lowest BCUT2D eigenvalue weighted by Gasteiger charge is -2.20. The second-order valence-corrected chi connectivity index (χ2v) is 5.52. The van der Waals surface area contributed by atoms with Crippen LogP contribution in [0.25, 0.3) is 0 Å². The van der Waals surface area contributed by atoms with Crippen LogP contribution in [0.1, 0.15) is 32.3 Å². The molecular weight excluding hydrogens is 216 g/mol. The van der Waals surface area contributed by atoms with Gasteiger partial charge in [-0.1, -0.05) is 0 Å². The van der Waals surface area contributed by atoms with Crippen molar-refractivity contribution in [3.8, 4) is 0 Å². The number of rotatable bonds is 4. The molecule has 0 radical (unpaired) electrons. The van der Waals surface area contributed by atoms with Crippen LogP contribution in [-0.4, -0.2) is 34.5 Å². The smallest absolute Gasteiger partial charge is 0.251 e. The van der Waals surface area contributed by atoms with Gasteiger partial charge in [-0.2, -0.15) is 0 Å². The molecule has 0 bridgehead atoms. The second-order valence-electron chi connectivity index (χ2n) is 5.52. The number of nitrogens with zero attached hydrogens (tertiary/aromatic N) is 2. The summed E-state index contributed by atoms with van der Waals surface area (Å²) in [4.78, 5) is 20.6. The van der Waals surface area contributed by atoms with E-state index in [4.69, 9.17) is 0 Å². The molecule has 1 heterocycles. The Bertz CT molecular complexity index is 417. The molecule has 0 aliphatic heterocycles. The highest BCUT2D eigenvalue weighted by atomic mass is 16.1. The zero-order valence-electron chi connectivity index (χ0n) is 11.3. The van der Waals surface area contributed by atoms with Gasteiger partial charge in [-0.25, -0.2) is 4.98 Å². The number of hydrogen-bond acceptors (Lipinski definition) is 4. The summed E-state index contributed by atoms with van der Waals surface area (Å²) in [6.07, 6.45) is 0. The standard InChI is InChI=1S/C12H22N4O/c1-12(2,3)13-7-9-6-11(17)15-10(14-9)8-16(4)5/h6,13H,7-8H2,1-5H3,(H,14,15,17). The van der Waals surface area contributed by atoms with Crippen LogP contribution in [-0.2, 0) is 13.1 Å². The van der Waals surface area contributed by atoms with E-state index >= 15 is 0 Å². The van der Waals surface area contributed by atoms with Crippen molar-refractivity contribution < 1.29 is 0 Å². The van der Waals surface area contributed by atoms with Gasteiger partial charge < -0.3 is 15.2 Å². The minimum absolute atomic E-state index is 0.0198. The minimum Gasteiger partial charge on any atom is -0.309 e. The van der Waals surface area contributed by atoms with Crippen LogP contribution in [0, 0.1) is 0 Å². The molecule has 0 spiro atoms. The molecule has 0 unspecified atom stereocenters. The maximum absolute atomic E-state index is 11.5. The molecule has 0 atom stereocenters. The molecule has 1 aromatic rings. The quantitative estimate of drug-likeness (QED) is 0.811. The zero-order valence-corrected chi connectivity index (χ0v) is 11.3. The number of aromatic nitrogens is 2. The van der Waals surface area contributed by atoms with Crippen LogP contribution in [0.4, 0.5) is 0 Å². The van der Waals surface area contributed by atoms with Crippen LogP contribution >= 0.6 is 0 Å². The number of aromatic amines is 1. The number of hydrogen-bond donors (Lipinski definition) is 2. The first-order valence-corrected chi connectivity index (χ1v) is 5.75. The molecule has 17 heavy (non-hydrogen) atoms.